The zero-order valence-corrected chi connectivity index (χ0v) is 12.0. The van der Waals surface area contributed by atoms with Crippen LogP contribution in [0.4, 0.5) is 0 Å². The van der Waals surface area contributed by atoms with Crippen LogP contribution in [0.2, 0.25) is 0 Å². The topological polar surface area (TPSA) is 63.4 Å². The maximum Gasteiger partial charge on any atom is 0.227 e. The largest absolute Gasteiger partial charge is 0.381 e. The van der Waals surface area contributed by atoms with Gasteiger partial charge >= 0.3 is 0 Å². The van der Waals surface area contributed by atoms with Crippen LogP contribution in [0.3, 0.4) is 0 Å². The summed E-state index contributed by atoms with van der Waals surface area (Å²) in [5.41, 5.74) is 0. The van der Waals surface area contributed by atoms with Crippen LogP contribution < -0.4 is 5.32 Å². The van der Waals surface area contributed by atoms with Crippen molar-refractivity contribution in [2.45, 2.75) is 18.9 Å². The number of ether oxygens (including phenoxy) is 1. The van der Waals surface area contributed by atoms with Crippen molar-refractivity contribution in [3.8, 4) is 0 Å². The lowest BCUT2D eigenvalue weighted by Crippen LogP contribution is -2.44. The third kappa shape index (κ3) is 3.45. The predicted octanol–water partition coefficient (Wildman–Crippen LogP) is 0.646. The quantitative estimate of drug-likeness (QED) is 0.881. The van der Waals surface area contributed by atoms with Gasteiger partial charge < -0.3 is 14.6 Å². The molecule has 2 aliphatic rings. The average Bonchev–Trinajstić information content (AvgIpc) is 3.02. The summed E-state index contributed by atoms with van der Waals surface area (Å²) in [6.45, 7) is 4.62. The summed E-state index contributed by atoms with van der Waals surface area (Å²) in [7, 11) is 2.10. The molecule has 1 N–H and O–H groups in total. The lowest BCUT2D eigenvalue weighted by Gasteiger charge is -2.30. The smallest absolute Gasteiger partial charge is 0.227 e. The van der Waals surface area contributed by atoms with Crippen LogP contribution in [0.15, 0.2) is 4.52 Å². The molecule has 2 saturated heterocycles. The van der Waals surface area contributed by atoms with Gasteiger partial charge in [0.05, 0.1) is 6.04 Å². The Hall–Kier alpha value is -0.690. The lowest BCUT2D eigenvalue weighted by molar-refractivity contribution is 0.183. The van der Waals surface area contributed by atoms with Crippen molar-refractivity contribution in [1.82, 2.24) is 20.4 Å². The molecule has 2 aliphatic heterocycles. The Morgan fingerprint density at radius 1 is 1.47 bits per heavy atom. The van der Waals surface area contributed by atoms with Gasteiger partial charge in [-0.05, 0) is 19.4 Å². The molecule has 0 spiro atoms. The van der Waals surface area contributed by atoms with Crippen molar-refractivity contribution >= 4 is 12.4 Å². The minimum absolute atomic E-state index is 0. The highest BCUT2D eigenvalue weighted by atomic mass is 35.5. The molecule has 0 radical (unpaired) electrons. The maximum absolute atomic E-state index is 5.36. The summed E-state index contributed by atoms with van der Waals surface area (Å²) < 4.78 is 10.7. The van der Waals surface area contributed by atoms with Gasteiger partial charge in [0.2, 0.25) is 5.89 Å². The van der Waals surface area contributed by atoms with Crippen LogP contribution in [0.25, 0.3) is 0 Å². The van der Waals surface area contributed by atoms with Gasteiger partial charge in [0.1, 0.15) is 0 Å². The molecular weight excluding hydrogens is 268 g/mol. The summed E-state index contributed by atoms with van der Waals surface area (Å²) >= 11 is 0. The Bertz CT molecular complexity index is 395. The Labute approximate surface area is 119 Å². The summed E-state index contributed by atoms with van der Waals surface area (Å²) in [5.74, 6) is 2.10. The molecule has 6 nitrogen and oxygen atoms in total. The number of hydrogen-bond donors (Lipinski definition) is 1. The van der Waals surface area contributed by atoms with Gasteiger partial charge in [-0.2, -0.15) is 4.98 Å². The molecule has 3 rings (SSSR count). The number of rotatable bonds is 3. The second-order valence-electron chi connectivity index (χ2n) is 5.18. The van der Waals surface area contributed by atoms with Gasteiger partial charge in [-0.3, -0.25) is 4.90 Å². The number of aromatic nitrogens is 2. The standard InChI is InChI=1S/C12H20N4O2.ClH/c1-16-4-3-13-7-10(16)12-14-11(18-15-12)6-9-2-5-17-8-9;/h9-10,13H,2-8H2,1H3;1H. The summed E-state index contributed by atoms with van der Waals surface area (Å²) in [5, 5.41) is 7.49. The van der Waals surface area contributed by atoms with Crippen LogP contribution in [0, 0.1) is 5.92 Å². The molecule has 1 aromatic heterocycles. The molecule has 0 aliphatic carbocycles. The second kappa shape index (κ2) is 6.65. The summed E-state index contributed by atoms with van der Waals surface area (Å²) in [6, 6.07) is 0.232. The monoisotopic (exact) mass is 288 g/mol. The molecule has 2 atom stereocenters. The third-order valence-electron chi connectivity index (χ3n) is 3.78. The van der Waals surface area contributed by atoms with Crippen LogP contribution in [-0.4, -0.2) is 54.9 Å². The number of hydrogen-bond acceptors (Lipinski definition) is 6. The fourth-order valence-corrected chi connectivity index (χ4v) is 2.57. The van der Waals surface area contributed by atoms with E-state index in [9.17, 15) is 0 Å². The molecule has 3 heterocycles. The van der Waals surface area contributed by atoms with Crippen LogP contribution >= 0.6 is 12.4 Å². The highest BCUT2D eigenvalue weighted by Crippen LogP contribution is 2.21. The number of nitrogens with one attached hydrogen (secondary N) is 1. The molecule has 108 valence electrons. The third-order valence-corrected chi connectivity index (χ3v) is 3.78. The molecule has 2 unspecified atom stereocenters. The Morgan fingerprint density at radius 2 is 2.37 bits per heavy atom. The Morgan fingerprint density at radius 3 is 3.11 bits per heavy atom. The fourth-order valence-electron chi connectivity index (χ4n) is 2.57. The normalized spacial score (nSPS) is 28.3. The van der Waals surface area contributed by atoms with E-state index in [1.54, 1.807) is 0 Å². The van der Waals surface area contributed by atoms with Gasteiger partial charge in [-0.15, -0.1) is 12.4 Å². The molecule has 19 heavy (non-hydrogen) atoms. The van der Waals surface area contributed by atoms with Crippen molar-refractivity contribution in [2.75, 3.05) is 39.9 Å². The van der Waals surface area contributed by atoms with E-state index in [-0.39, 0.29) is 18.4 Å². The minimum Gasteiger partial charge on any atom is -0.381 e. The SMILES string of the molecule is CN1CCNCC1c1noc(CC2CCOC2)n1.Cl. The number of nitrogens with zero attached hydrogens (tertiary/aromatic N) is 3. The van der Waals surface area contributed by atoms with Crippen LogP contribution in [0.5, 0.6) is 0 Å². The highest BCUT2D eigenvalue weighted by molar-refractivity contribution is 5.85. The first-order valence-corrected chi connectivity index (χ1v) is 6.64. The van der Waals surface area contributed by atoms with E-state index >= 15 is 0 Å². The first-order chi connectivity index (χ1) is 8.83. The van der Waals surface area contributed by atoms with Crippen LogP contribution in [0.1, 0.15) is 24.2 Å². The van der Waals surface area contributed by atoms with Crippen molar-refractivity contribution in [1.29, 1.82) is 0 Å². The van der Waals surface area contributed by atoms with E-state index < -0.39 is 0 Å². The highest BCUT2D eigenvalue weighted by Gasteiger charge is 2.26. The van der Waals surface area contributed by atoms with E-state index in [0.29, 0.717) is 5.92 Å². The van der Waals surface area contributed by atoms with Crippen molar-refractivity contribution in [3.63, 3.8) is 0 Å². The second-order valence-corrected chi connectivity index (χ2v) is 5.18. The first-order valence-electron chi connectivity index (χ1n) is 6.64. The van der Waals surface area contributed by atoms with Gasteiger partial charge in [0.15, 0.2) is 5.82 Å². The molecule has 1 aromatic rings. The van der Waals surface area contributed by atoms with Crippen molar-refractivity contribution < 1.29 is 9.26 Å². The van der Waals surface area contributed by atoms with Gasteiger partial charge in [0.25, 0.3) is 0 Å². The molecule has 2 fully saturated rings. The van der Waals surface area contributed by atoms with Gasteiger partial charge in [-0.1, -0.05) is 5.16 Å². The first kappa shape index (κ1) is 14.7. The van der Waals surface area contributed by atoms with Crippen molar-refractivity contribution in [3.05, 3.63) is 11.7 Å². The molecule has 7 heteroatoms. The fraction of sp³-hybridized carbons (Fsp3) is 0.833. The van der Waals surface area contributed by atoms with Gasteiger partial charge in [-0.25, -0.2) is 0 Å². The number of piperazine rings is 1. The lowest BCUT2D eigenvalue weighted by atomic mass is 10.1. The Balaban J connectivity index is 0.00000133. The van der Waals surface area contributed by atoms with E-state index in [4.69, 9.17) is 9.26 Å². The predicted molar refractivity (Wildman–Crippen MR) is 72.4 cm³/mol. The molecule has 0 amide bonds. The zero-order valence-electron chi connectivity index (χ0n) is 11.2. The zero-order chi connectivity index (χ0) is 12.4. The van der Waals surface area contributed by atoms with E-state index in [2.05, 4.69) is 27.4 Å². The molecule has 0 saturated carbocycles. The van der Waals surface area contributed by atoms with Crippen LogP contribution in [-0.2, 0) is 11.2 Å². The molecular formula is C12H21ClN4O2. The van der Waals surface area contributed by atoms with Gasteiger partial charge in [0, 0.05) is 39.3 Å². The minimum atomic E-state index is 0. The summed E-state index contributed by atoms with van der Waals surface area (Å²) in [6.07, 6.45) is 1.94. The number of likely N-dealkylation sites (N-methyl/N-ethyl adjacent to an activating group) is 1. The molecule has 0 bridgehead atoms. The van der Waals surface area contributed by atoms with E-state index in [1.807, 2.05) is 0 Å². The Kier molecular flexibility index (Phi) is 5.15. The molecule has 0 aromatic carbocycles. The summed E-state index contributed by atoms with van der Waals surface area (Å²) in [4.78, 5) is 6.80. The van der Waals surface area contributed by atoms with E-state index in [1.165, 1.54) is 0 Å². The average molecular weight is 289 g/mol. The maximum atomic E-state index is 5.36. The van der Waals surface area contributed by atoms with Crippen molar-refractivity contribution in [2.24, 2.45) is 5.92 Å². The van der Waals surface area contributed by atoms with E-state index in [0.717, 1.165) is 57.4 Å². The number of halogens is 1.